The van der Waals surface area contributed by atoms with E-state index < -0.39 is 4.92 Å². The van der Waals surface area contributed by atoms with Crippen LogP contribution in [-0.4, -0.2) is 24.0 Å². The monoisotopic (exact) mass is 279 g/mol. The molecule has 0 saturated heterocycles. The van der Waals surface area contributed by atoms with Gasteiger partial charge in [0.25, 0.3) is 11.6 Å². The zero-order valence-electron chi connectivity index (χ0n) is 11.4. The van der Waals surface area contributed by atoms with Crippen LogP contribution in [0.2, 0.25) is 0 Å². The number of anilines is 2. The van der Waals surface area contributed by atoms with Crippen molar-refractivity contribution in [2.45, 2.75) is 20.3 Å². The highest BCUT2D eigenvalue weighted by Crippen LogP contribution is 2.37. The summed E-state index contributed by atoms with van der Waals surface area (Å²) in [6, 6.07) is 2.89. The lowest BCUT2D eigenvalue weighted by Gasteiger charge is -2.19. The summed E-state index contributed by atoms with van der Waals surface area (Å²) in [5.74, 6) is 0.459. The van der Waals surface area contributed by atoms with Crippen molar-refractivity contribution in [3.8, 4) is 5.75 Å². The van der Waals surface area contributed by atoms with E-state index in [0.29, 0.717) is 29.6 Å². The van der Waals surface area contributed by atoms with Gasteiger partial charge in [-0.15, -0.1) is 0 Å². The summed E-state index contributed by atoms with van der Waals surface area (Å²) in [7, 11) is 0. The highest BCUT2D eigenvalue weighted by atomic mass is 16.6. The van der Waals surface area contributed by atoms with Crippen molar-refractivity contribution < 1.29 is 14.5 Å². The van der Waals surface area contributed by atoms with E-state index in [-0.39, 0.29) is 18.2 Å². The Morgan fingerprint density at radius 3 is 2.95 bits per heavy atom. The average Bonchev–Trinajstić information content (AvgIpc) is 2.43. The number of hydrogen-bond donors (Lipinski definition) is 2. The van der Waals surface area contributed by atoms with E-state index in [9.17, 15) is 14.9 Å². The van der Waals surface area contributed by atoms with E-state index in [0.717, 1.165) is 6.42 Å². The molecule has 1 aromatic carbocycles. The maximum atomic E-state index is 11.3. The lowest BCUT2D eigenvalue weighted by atomic mass is 10.1. The lowest BCUT2D eigenvalue weighted by Crippen LogP contribution is -2.25. The van der Waals surface area contributed by atoms with Crippen molar-refractivity contribution in [2.24, 2.45) is 5.92 Å². The fraction of sp³-hybridized carbons (Fsp3) is 0.462. The van der Waals surface area contributed by atoms with Crippen LogP contribution in [0.3, 0.4) is 0 Å². The Labute approximate surface area is 116 Å². The summed E-state index contributed by atoms with van der Waals surface area (Å²) in [6.45, 7) is 4.62. The Morgan fingerprint density at radius 1 is 1.55 bits per heavy atom. The molecule has 1 atom stereocenters. The number of carbonyl (C=O) groups excluding carboxylic acids is 1. The molecule has 7 heteroatoms. The average molecular weight is 279 g/mol. The van der Waals surface area contributed by atoms with Gasteiger partial charge in [0.15, 0.2) is 12.4 Å². The van der Waals surface area contributed by atoms with E-state index in [1.54, 1.807) is 6.07 Å². The van der Waals surface area contributed by atoms with Crippen LogP contribution in [-0.2, 0) is 4.79 Å². The molecule has 1 unspecified atom stereocenters. The first-order valence-electron chi connectivity index (χ1n) is 6.50. The predicted molar refractivity (Wildman–Crippen MR) is 75.2 cm³/mol. The number of ether oxygens (including phenoxy) is 1. The van der Waals surface area contributed by atoms with Crippen LogP contribution in [0.4, 0.5) is 17.1 Å². The molecule has 1 aromatic rings. The molecule has 2 N–H and O–H groups in total. The standard InChI is InChI=1S/C13H17N3O4/c1-3-8(2)6-14-9-4-10-12(5-11(9)16(18)19)20-7-13(17)15-10/h4-5,8,14H,3,6-7H2,1-2H3,(H,15,17). The van der Waals surface area contributed by atoms with Crippen LogP contribution in [0.1, 0.15) is 20.3 Å². The van der Waals surface area contributed by atoms with Gasteiger partial charge in [0.2, 0.25) is 0 Å². The predicted octanol–water partition coefficient (Wildman–Crippen LogP) is 2.38. The molecular formula is C13H17N3O4. The summed E-state index contributed by atoms with van der Waals surface area (Å²) in [5.41, 5.74) is 0.793. The molecule has 0 fully saturated rings. The first-order chi connectivity index (χ1) is 9.51. The smallest absolute Gasteiger partial charge is 0.296 e. The molecule has 0 saturated carbocycles. The van der Waals surface area contributed by atoms with Crippen molar-refractivity contribution in [3.05, 3.63) is 22.2 Å². The molecule has 20 heavy (non-hydrogen) atoms. The first-order valence-corrected chi connectivity index (χ1v) is 6.50. The molecule has 1 heterocycles. The van der Waals surface area contributed by atoms with E-state index in [1.165, 1.54) is 6.07 Å². The van der Waals surface area contributed by atoms with Gasteiger partial charge in [-0.05, 0) is 12.0 Å². The topological polar surface area (TPSA) is 93.5 Å². The van der Waals surface area contributed by atoms with Crippen LogP contribution < -0.4 is 15.4 Å². The van der Waals surface area contributed by atoms with E-state index in [1.807, 2.05) is 0 Å². The molecule has 0 aromatic heterocycles. The summed E-state index contributed by atoms with van der Waals surface area (Å²) < 4.78 is 5.18. The maximum absolute atomic E-state index is 11.3. The number of nitro benzene ring substituents is 1. The third-order valence-electron chi connectivity index (χ3n) is 3.27. The third kappa shape index (κ3) is 2.98. The summed E-state index contributed by atoms with van der Waals surface area (Å²) >= 11 is 0. The number of nitrogens with one attached hydrogen (secondary N) is 2. The van der Waals surface area contributed by atoms with Crippen molar-refractivity contribution in [1.29, 1.82) is 0 Å². The second-order valence-corrected chi connectivity index (χ2v) is 4.85. The van der Waals surface area contributed by atoms with E-state index >= 15 is 0 Å². The molecule has 0 radical (unpaired) electrons. The number of nitro groups is 1. The van der Waals surface area contributed by atoms with Gasteiger partial charge in [-0.2, -0.15) is 0 Å². The molecule has 108 valence electrons. The summed E-state index contributed by atoms with van der Waals surface area (Å²) in [5, 5.41) is 16.8. The molecule has 2 rings (SSSR count). The molecule has 0 aliphatic carbocycles. The van der Waals surface area contributed by atoms with E-state index in [4.69, 9.17) is 4.74 Å². The first kappa shape index (κ1) is 14.1. The largest absolute Gasteiger partial charge is 0.481 e. The Morgan fingerprint density at radius 2 is 2.30 bits per heavy atom. The number of amides is 1. The van der Waals surface area contributed by atoms with Crippen molar-refractivity contribution in [1.82, 2.24) is 0 Å². The van der Waals surface area contributed by atoms with Gasteiger partial charge in [0.1, 0.15) is 5.69 Å². The molecule has 1 aliphatic heterocycles. The number of carbonyl (C=O) groups is 1. The van der Waals surface area contributed by atoms with Gasteiger partial charge in [-0.25, -0.2) is 0 Å². The quantitative estimate of drug-likeness (QED) is 0.637. The molecule has 1 amide bonds. The molecular weight excluding hydrogens is 262 g/mol. The highest BCUT2D eigenvalue weighted by molar-refractivity contribution is 5.96. The van der Waals surface area contributed by atoms with Gasteiger partial charge in [-0.3, -0.25) is 14.9 Å². The maximum Gasteiger partial charge on any atom is 0.296 e. The van der Waals surface area contributed by atoms with Crippen molar-refractivity contribution >= 4 is 23.0 Å². The number of nitrogens with zero attached hydrogens (tertiary/aromatic N) is 1. The van der Waals surface area contributed by atoms with Gasteiger partial charge >= 0.3 is 0 Å². The Kier molecular flexibility index (Phi) is 4.07. The fourth-order valence-electron chi connectivity index (χ4n) is 1.84. The van der Waals surface area contributed by atoms with Crippen LogP contribution >= 0.6 is 0 Å². The minimum absolute atomic E-state index is 0.0526. The number of rotatable bonds is 5. The van der Waals surface area contributed by atoms with Crippen LogP contribution in [0.15, 0.2) is 12.1 Å². The Balaban J connectivity index is 2.30. The minimum Gasteiger partial charge on any atom is -0.481 e. The third-order valence-corrected chi connectivity index (χ3v) is 3.27. The molecule has 0 spiro atoms. The molecule has 0 bridgehead atoms. The number of hydrogen-bond acceptors (Lipinski definition) is 5. The summed E-state index contributed by atoms with van der Waals surface area (Å²) in [4.78, 5) is 21.9. The second kappa shape index (κ2) is 5.77. The second-order valence-electron chi connectivity index (χ2n) is 4.85. The number of benzene rings is 1. The van der Waals surface area contributed by atoms with Gasteiger partial charge < -0.3 is 15.4 Å². The summed E-state index contributed by atoms with van der Waals surface area (Å²) in [6.07, 6.45) is 0.978. The zero-order chi connectivity index (χ0) is 14.7. The zero-order valence-corrected chi connectivity index (χ0v) is 11.4. The molecule has 1 aliphatic rings. The minimum atomic E-state index is -0.459. The number of fused-ring (bicyclic) bond motifs is 1. The Bertz CT molecular complexity index is 545. The fourth-order valence-corrected chi connectivity index (χ4v) is 1.84. The Hall–Kier alpha value is -2.31. The van der Waals surface area contributed by atoms with E-state index in [2.05, 4.69) is 24.5 Å². The SMILES string of the molecule is CCC(C)CNc1cc2c(cc1[N+](=O)[O-])OCC(=O)N2. The van der Waals surface area contributed by atoms with Crippen molar-refractivity contribution in [2.75, 3.05) is 23.8 Å². The van der Waals surface area contributed by atoms with Gasteiger partial charge in [0, 0.05) is 6.54 Å². The van der Waals surface area contributed by atoms with Gasteiger partial charge in [-0.1, -0.05) is 20.3 Å². The van der Waals surface area contributed by atoms with Crippen LogP contribution in [0, 0.1) is 16.0 Å². The van der Waals surface area contributed by atoms with Crippen LogP contribution in [0.5, 0.6) is 5.75 Å². The lowest BCUT2D eigenvalue weighted by molar-refractivity contribution is -0.384. The highest BCUT2D eigenvalue weighted by Gasteiger charge is 2.23. The normalized spacial score (nSPS) is 14.8. The van der Waals surface area contributed by atoms with Gasteiger partial charge in [0.05, 0.1) is 16.7 Å². The van der Waals surface area contributed by atoms with Crippen LogP contribution in [0.25, 0.3) is 0 Å². The van der Waals surface area contributed by atoms with Crippen molar-refractivity contribution in [3.63, 3.8) is 0 Å². The molecule has 7 nitrogen and oxygen atoms in total.